The number of anilines is 1. The first-order chi connectivity index (χ1) is 17.8. The monoisotopic (exact) mass is 501 g/mol. The molecule has 0 aromatic carbocycles. The number of piperidine rings is 1. The van der Waals surface area contributed by atoms with Crippen LogP contribution >= 0.6 is 0 Å². The zero-order valence-electron chi connectivity index (χ0n) is 19.8. The molecule has 4 aromatic heterocycles. The first-order valence-electron chi connectivity index (χ1n) is 11.9. The van der Waals surface area contributed by atoms with Gasteiger partial charge in [0.1, 0.15) is 12.1 Å². The fourth-order valence-corrected chi connectivity index (χ4v) is 5.83. The van der Waals surface area contributed by atoms with Crippen molar-refractivity contribution in [2.24, 2.45) is 0 Å². The number of nitrogens with one attached hydrogen (secondary N) is 1. The number of nitrogens with zero attached hydrogens (tertiary/aromatic N) is 7. The van der Waals surface area contributed by atoms with Crippen LogP contribution in [0.25, 0.3) is 16.8 Å². The van der Waals surface area contributed by atoms with E-state index >= 15 is 0 Å². The summed E-state index contributed by atoms with van der Waals surface area (Å²) < 4.78 is 1.37. The van der Waals surface area contributed by atoms with E-state index in [1.165, 1.54) is 30.2 Å². The number of amides is 1. The standard InChI is InChI=1S/C24H23N9O4/c1-11(34)17-18(12-7-13-4-5-14(8-12)32(13)23(35)21-27-10-28-31-21)30-22-16(9-29-33(22)20(17)25)15-3-2-6-26-19(15)24(36)37/h2-3,6,9-10,12-14H,4-5,7-8,25H2,1H3,(H,36,37)(H,27,28,31)/t12?,13-,14+. The molecular weight excluding hydrogens is 478 g/mol. The number of aromatic carboxylic acids is 1. The Balaban J connectivity index is 1.44. The molecule has 3 atom stereocenters. The smallest absolute Gasteiger partial charge is 0.355 e. The molecule has 4 N–H and O–H groups in total. The van der Waals surface area contributed by atoms with Crippen molar-refractivity contribution in [1.82, 2.24) is 39.7 Å². The van der Waals surface area contributed by atoms with Gasteiger partial charge in [0, 0.05) is 35.3 Å². The van der Waals surface area contributed by atoms with Crippen molar-refractivity contribution in [3.63, 3.8) is 0 Å². The van der Waals surface area contributed by atoms with E-state index in [9.17, 15) is 19.5 Å². The lowest BCUT2D eigenvalue weighted by Crippen LogP contribution is -2.46. The molecular formula is C24H23N9O4. The van der Waals surface area contributed by atoms with Crippen LogP contribution in [0.3, 0.4) is 0 Å². The summed E-state index contributed by atoms with van der Waals surface area (Å²) in [6.45, 7) is 1.44. The molecule has 188 valence electrons. The third-order valence-electron chi connectivity index (χ3n) is 7.34. The molecule has 0 radical (unpaired) electrons. The normalized spacial score (nSPS) is 20.9. The van der Waals surface area contributed by atoms with Crippen LogP contribution in [0.1, 0.15) is 75.7 Å². The van der Waals surface area contributed by atoms with Gasteiger partial charge in [-0.05, 0) is 38.7 Å². The molecule has 0 spiro atoms. The van der Waals surface area contributed by atoms with Crippen molar-refractivity contribution in [1.29, 1.82) is 0 Å². The number of carbonyl (C=O) groups is 3. The number of hydrogen-bond acceptors (Lipinski definition) is 9. The average Bonchev–Trinajstić information content (AvgIpc) is 3.61. The number of aromatic amines is 1. The van der Waals surface area contributed by atoms with Gasteiger partial charge in [-0.1, -0.05) is 6.07 Å². The number of Topliss-reactive ketones (excluding diaryl/α,β-unsaturated/α-hetero) is 1. The van der Waals surface area contributed by atoms with Crippen molar-refractivity contribution in [3.05, 3.63) is 53.6 Å². The highest BCUT2D eigenvalue weighted by Crippen LogP contribution is 2.45. The van der Waals surface area contributed by atoms with Gasteiger partial charge in [-0.2, -0.15) is 14.7 Å². The third kappa shape index (κ3) is 3.53. The number of hydrogen-bond donors (Lipinski definition) is 3. The maximum Gasteiger partial charge on any atom is 0.355 e. The summed E-state index contributed by atoms with van der Waals surface area (Å²) in [7, 11) is 0. The van der Waals surface area contributed by atoms with Crippen LogP contribution in [-0.4, -0.2) is 74.5 Å². The zero-order valence-corrected chi connectivity index (χ0v) is 19.8. The maximum atomic E-state index is 13.1. The van der Waals surface area contributed by atoms with Crippen LogP contribution in [0.4, 0.5) is 5.82 Å². The number of rotatable bonds is 5. The van der Waals surface area contributed by atoms with Crippen LogP contribution in [0.15, 0.2) is 30.9 Å². The number of nitrogens with two attached hydrogens (primary N) is 1. The SMILES string of the molecule is CC(=O)c1c(C2C[C@H]3CC[C@@H](C2)N3C(=O)c2ncn[nH]2)nc2c(-c3cccnc3C(=O)O)cnn2c1N. The molecule has 13 nitrogen and oxygen atoms in total. The zero-order chi connectivity index (χ0) is 25.8. The number of H-pyrrole nitrogens is 1. The van der Waals surface area contributed by atoms with Gasteiger partial charge >= 0.3 is 5.97 Å². The Hall–Kier alpha value is -4.68. The molecule has 37 heavy (non-hydrogen) atoms. The van der Waals surface area contributed by atoms with Crippen molar-refractivity contribution in [3.8, 4) is 11.1 Å². The van der Waals surface area contributed by atoms with Crippen LogP contribution in [0.2, 0.25) is 0 Å². The molecule has 0 aliphatic carbocycles. The quantitative estimate of drug-likeness (QED) is 0.341. The van der Waals surface area contributed by atoms with Crippen molar-refractivity contribution in [2.75, 3.05) is 5.73 Å². The van der Waals surface area contributed by atoms with Crippen molar-refractivity contribution in [2.45, 2.75) is 50.6 Å². The Bertz CT molecular complexity index is 1550. The summed E-state index contributed by atoms with van der Waals surface area (Å²) >= 11 is 0. The summed E-state index contributed by atoms with van der Waals surface area (Å²) in [5.74, 6) is -1.37. The third-order valence-corrected chi connectivity index (χ3v) is 7.34. The second kappa shape index (κ2) is 8.47. The Morgan fingerprint density at radius 2 is 1.89 bits per heavy atom. The van der Waals surface area contributed by atoms with Gasteiger partial charge in [0.2, 0.25) is 5.82 Å². The molecule has 2 aliphatic rings. The molecule has 1 unspecified atom stereocenters. The highest BCUT2D eigenvalue weighted by atomic mass is 16.4. The van der Waals surface area contributed by atoms with Gasteiger partial charge in [0.15, 0.2) is 17.1 Å². The minimum atomic E-state index is -1.18. The molecule has 6 rings (SSSR count). The average molecular weight is 502 g/mol. The number of aromatic nitrogens is 7. The summed E-state index contributed by atoms with van der Waals surface area (Å²) in [4.78, 5) is 52.4. The van der Waals surface area contributed by atoms with E-state index in [2.05, 4.69) is 25.3 Å². The van der Waals surface area contributed by atoms with E-state index in [-0.39, 0.29) is 47.0 Å². The van der Waals surface area contributed by atoms with E-state index in [0.717, 1.165) is 12.8 Å². The molecule has 1 amide bonds. The van der Waals surface area contributed by atoms with E-state index in [1.807, 2.05) is 4.90 Å². The summed E-state index contributed by atoms with van der Waals surface area (Å²) in [5.41, 5.74) is 8.33. The summed E-state index contributed by atoms with van der Waals surface area (Å²) in [6.07, 6.45) is 7.09. The molecule has 0 saturated carbocycles. The van der Waals surface area contributed by atoms with Gasteiger partial charge in [-0.3, -0.25) is 14.7 Å². The first kappa shape index (κ1) is 22.8. The number of ketones is 1. The van der Waals surface area contributed by atoms with Crippen molar-refractivity contribution < 1.29 is 19.5 Å². The van der Waals surface area contributed by atoms with Crippen LogP contribution < -0.4 is 5.73 Å². The highest BCUT2D eigenvalue weighted by molar-refractivity contribution is 6.01. The lowest BCUT2D eigenvalue weighted by molar-refractivity contribution is 0.0555. The summed E-state index contributed by atoms with van der Waals surface area (Å²) in [5, 5.41) is 20.4. The van der Waals surface area contributed by atoms with Crippen LogP contribution in [-0.2, 0) is 0 Å². The fraction of sp³-hybridized carbons (Fsp3) is 0.333. The van der Waals surface area contributed by atoms with E-state index < -0.39 is 5.97 Å². The number of carbonyl (C=O) groups excluding carboxylic acids is 2. The molecule has 2 fully saturated rings. The Labute approximate surface area is 209 Å². The molecule has 6 heterocycles. The molecule has 2 aliphatic heterocycles. The van der Waals surface area contributed by atoms with E-state index in [0.29, 0.717) is 40.9 Å². The predicted molar refractivity (Wildman–Crippen MR) is 129 cm³/mol. The van der Waals surface area contributed by atoms with Gasteiger partial charge in [-0.15, -0.1) is 0 Å². The van der Waals surface area contributed by atoms with Crippen LogP contribution in [0.5, 0.6) is 0 Å². The molecule has 2 saturated heterocycles. The minimum Gasteiger partial charge on any atom is -0.476 e. The number of carboxylic acid groups (broad SMARTS) is 1. The number of pyridine rings is 1. The molecule has 4 aromatic rings. The number of fused-ring (bicyclic) bond motifs is 3. The topological polar surface area (TPSA) is 185 Å². The lowest BCUT2D eigenvalue weighted by Gasteiger charge is -2.38. The van der Waals surface area contributed by atoms with Crippen LogP contribution in [0, 0.1) is 0 Å². The van der Waals surface area contributed by atoms with Gasteiger partial charge in [0.25, 0.3) is 5.91 Å². The number of carboxylic acids is 1. The van der Waals surface area contributed by atoms with Gasteiger partial charge in [0.05, 0.1) is 17.5 Å². The highest BCUT2D eigenvalue weighted by Gasteiger charge is 2.45. The predicted octanol–water partition coefficient (Wildman–Crippen LogP) is 1.94. The minimum absolute atomic E-state index is 0.0401. The fourth-order valence-electron chi connectivity index (χ4n) is 5.83. The largest absolute Gasteiger partial charge is 0.476 e. The lowest BCUT2D eigenvalue weighted by atomic mass is 9.85. The Kier molecular flexibility index (Phi) is 5.21. The van der Waals surface area contributed by atoms with Gasteiger partial charge < -0.3 is 15.7 Å². The molecule has 2 bridgehead atoms. The number of nitrogen functional groups attached to an aromatic ring is 1. The van der Waals surface area contributed by atoms with E-state index in [4.69, 9.17) is 10.7 Å². The second-order valence-corrected chi connectivity index (χ2v) is 9.41. The first-order valence-corrected chi connectivity index (χ1v) is 11.9. The van der Waals surface area contributed by atoms with Crippen molar-refractivity contribution >= 4 is 29.1 Å². The molecule has 13 heteroatoms. The second-order valence-electron chi connectivity index (χ2n) is 9.41. The van der Waals surface area contributed by atoms with Gasteiger partial charge in [-0.25, -0.2) is 19.7 Å². The Morgan fingerprint density at radius 3 is 2.54 bits per heavy atom. The van der Waals surface area contributed by atoms with E-state index in [1.54, 1.807) is 12.1 Å². The maximum absolute atomic E-state index is 13.1. The summed E-state index contributed by atoms with van der Waals surface area (Å²) in [6, 6.07) is 3.19. The Morgan fingerprint density at radius 1 is 1.14 bits per heavy atom.